The van der Waals surface area contributed by atoms with Gasteiger partial charge in [0.1, 0.15) is 0 Å². The molecule has 4 saturated carbocycles. The van der Waals surface area contributed by atoms with Gasteiger partial charge in [-0.05, 0) is 0 Å². The average Bonchev–Trinajstić information content (AvgIpc) is 2.71. The summed E-state index contributed by atoms with van der Waals surface area (Å²) >= 11 is -2.14. The summed E-state index contributed by atoms with van der Waals surface area (Å²) in [5.74, 6) is 0.140. The van der Waals surface area contributed by atoms with E-state index >= 15 is 0 Å². The third-order valence-corrected chi connectivity index (χ3v) is 26.1. The molecule has 1 unspecified atom stereocenters. The molecular formula is C25H42NOSiZr. The molecule has 2 nitrogen and oxygen atoms in total. The van der Waals surface area contributed by atoms with Crippen molar-refractivity contribution in [2.45, 2.75) is 100 Å². The van der Waals surface area contributed by atoms with Gasteiger partial charge in [-0.15, -0.1) is 0 Å². The maximum absolute atomic E-state index is 14.1. The van der Waals surface area contributed by atoms with Gasteiger partial charge in [0.25, 0.3) is 0 Å². The molecule has 4 fully saturated rings. The van der Waals surface area contributed by atoms with E-state index in [1.807, 2.05) is 0 Å². The fraction of sp³-hybridized carbons (Fsp3) is 0.800. The zero-order valence-corrected chi connectivity index (χ0v) is 23.9. The number of rotatable bonds is 4. The summed E-state index contributed by atoms with van der Waals surface area (Å²) in [5.41, 5.74) is 5.60. The molecular weight excluding hydrogens is 450 g/mol. The van der Waals surface area contributed by atoms with Gasteiger partial charge in [0, 0.05) is 0 Å². The van der Waals surface area contributed by atoms with Crippen molar-refractivity contribution < 1.29 is 26.0 Å². The van der Waals surface area contributed by atoms with Crippen molar-refractivity contribution in [3.8, 4) is 0 Å². The Bertz CT molecular complexity index is 771. The molecule has 0 aliphatic heterocycles. The number of allylic oxidation sites excluding steroid dienone is 4. The van der Waals surface area contributed by atoms with Crippen LogP contribution in [0.1, 0.15) is 87.0 Å². The first-order valence-corrected chi connectivity index (χ1v) is 21.4. The van der Waals surface area contributed by atoms with E-state index in [1.165, 1.54) is 30.4 Å². The summed E-state index contributed by atoms with van der Waals surface area (Å²) < 4.78 is 5.62. The van der Waals surface area contributed by atoms with Crippen LogP contribution in [0.2, 0.25) is 13.1 Å². The van der Waals surface area contributed by atoms with Crippen LogP contribution in [0.15, 0.2) is 20.0 Å². The van der Waals surface area contributed by atoms with Crippen molar-refractivity contribution in [2.24, 2.45) is 27.6 Å². The van der Waals surface area contributed by atoms with E-state index in [4.69, 9.17) is 0 Å². The third-order valence-electron chi connectivity index (χ3n) is 9.09. The van der Waals surface area contributed by atoms with Gasteiger partial charge in [0.05, 0.1) is 0 Å². The monoisotopic (exact) mass is 490 g/mol. The van der Waals surface area contributed by atoms with Crippen molar-refractivity contribution >= 4 is 11.8 Å². The summed E-state index contributed by atoms with van der Waals surface area (Å²) in [5, 5.41) is 0. The van der Waals surface area contributed by atoms with Crippen molar-refractivity contribution in [3.05, 3.63) is 20.0 Å². The average molecular weight is 492 g/mol. The molecule has 0 saturated heterocycles. The molecule has 1 N–H and O–H groups in total. The minimum atomic E-state index is -2.14. The Morgan fingerprint density at radius 3 is 1.69 bits per heavy atom. The zero-order valence-electron chi connectivity index (χ0n) is 20.3. The fourth-order valence-electron chi connectivity index (χ4n) is 9.11. The summed E-state index contributed by atoms with van der Waals surface area (Å²) in [7, 11) is 0. The van der Waals surface area contributed by atoms with Crippen molar-refractivity contribution in [1.29, 1.82) is 0 Å². The van der Waals surface area contributed by atoms with Crippen LogP contribution < -0.4 is 3.26 Å². The Balaban J connectivity index is 1.65. The van der Waals surface area contributed by atoms with E-state index in [2.05, 4.69) is 64.8 Å². The molecule has 29 heavy (non-hydrogen) atoms. The van der Waals surface area contributed by atoms with E-state index in [0.29, 0.717) is 28.1 Å². The van der Waals surface area contributed by atoms with Crippen LogP contribution in [-0.4, -0.2) is 11.8 Å². The Morgan fingerprint density at radius 1 is 0.897 bits per heavy atom. The first-order chi connectivity index (χ1) is 13.2. The normalized spacial score (nSPS) is 43.6. The summed E-state index contributed by atoms with van der Waals surface area (Å²) in [6.45, 7) is 21.8. The second kappa shape index (κ2) is 6.77. The first-order valence-electron chi connectivity index (χ1n) is 11.8. The van der Waals surface area contributed by atoms with Gasteiger partial charge < -0.3 is 0 Å². The SMILES string of the molecule is CC1=C(C)C(C)[C]([Zr]([NH]C(=O)C23CC4(C)CC(C)(CC(C)(C4)C2)C3)[SiH](C)C)=C1C. The summed E-state index contributed by atoms with van der Waals surface area (Å²) in [6, 6.07) is 0. The molecule has 0 aromatic rings. The number of carbonyl (C=O) groups excluding carboxylic acids is 1. The number of carbonyl (C=O) groups is 1. The van der Waals surface area contributed by atoms with Crippen LogP contribution in [0, 0.1) is 27.6 Å². The van der Waals surface area contributed by atoms with Gasteiger partial charge in [0.2, 0.25) is 0 Å². The number of hydrogen-bond donors (Lipinski definition) is 1. The van der Waals surface area contributed by atoms with Gasteiger partial charge in [-0.2, -0.15) is 0 Å². The van der Waals surface area contributed by atoms with Crippen LogP contribution in [0.25, 0.3) is 0 Å². The molecule has 5 aliphatic carbocycles. The molecule has 0 spiro atoms. The molecule has 5 rings (SSSR count). The fourth-order valence-corrected chi connectivity index (χ4v) is 25.0. The van der Waals surface area contributed by atoms with Crippen molar-refractivity contribution in [1.82, 2.24) is 3.26 Å². The van der Waals surface area contributed by atoms with Crippen LogP contribution in [0.3, 0.4) is 0 Å². The summed E-state index contributed by atoms with van der Waals surface area (Å²) in [6.07, 6.45) is 7.40. The molecule has 0 aromatic carbocycles. The second-order valence-corrected chi connectivity index (χ2v) is 31.1. The molecule has 4 bridgehead atoms. The Kier molecular flexibility index (Phi) is 5.20. The molecule has 0 radical (unpaired) electrons. The number of hydrogen-bond acceptors (Lipinski definition) is 1. The Labute approximate surface area is 188 Å². The number of amides is 1. The zero-order chi connectivity index (χ0) is 21.6. The maximum atomic E-state index is 14.1. The van der Waals surface area contributed by atoms with Gasteiger partial charge in [-0.1, -0.05) is 0 Å². The molecule has 0 aromatic heterocycles. The van der Waals surface area contributed by atoms with Crippen LogP contribution >= 0.6 is 0 Å². The third kappa shape index (κ3) is 3.47. The molecule has 161 valence electrons. The van der Waals surface area contributed by atoms with Crippen molar-refractivity contribution in [2.75, 3.05) is 0 Å². The van der Waals surface area contributed by atoms with Gasteiger partial charge >= 0.3 is 189 Å². The van der Waals surface area contributed by atoms with E-state index in [-0.39, 0.29) is 5.41 Å². The Hall–Kier alpha value is 0.0500. The van der Waals surface area contributed by atoms with E-state index in [1.54, 1.807) is 8.85 Å². The van der Waals surface area contributed by atoms with Gasteiger partial charge in [0.15, 0.2) is 0 Å². The van der Waals surface area contributed by atoms with Gasteiger partial charge in [-0.3, -0.25) is 0 Å². The molecule has 1 amide bonds. The molecule has 4 heteroatoms. The van der Waals surface area contributed by atoms with E-state index in [0.717, 1.165) is 19.3 Å². The molecule has 5 aliphatic rings. The Morgan fingerprint density at radius 2 is 1.34 bits per heavy atom. The molecule has 1 atom stereocenters. The predicted molar refractivity (Wildman–Crippen MR) is 122 cm³/mol. The topological polar surface area (TPSA) is 29.1 Å². The predicted octanol–water partition coefficient (Wildman–Crippen LogP) is 6.27. The van der Waals surface area contributed by atoms with Crippen LogP contribution in [0.4, 0.5) is 0 Å². The first kappa shape index (κ1) is 22.3. The minimum absolute atomic E-state index is 0.0874. The van der Waals surface area contributed by atoms with Gasteiger partial charge in [-0.25, -0.2) is 0 Å². The number of nitrogens with one attached hydrogen (secondary N) is 1. The standard InChI is InChI=1S/C14H23NO.C9H13.C2H7Si.Zr/c1-11-4-12(2)6-13(3,5-11)9-14(7-11,8-12)10(15)16;1-6-5-7(2)9(4)8(6)3;1-3-2;/h4-9H2,1-3H3,(H2,15,16);6H,1-4H3;3H,1-2H3;/q;;;+1/p-1. The van der Waals surface area contributed by atoms with E-state index < -0.39 is 27.1 Å². The van der Waals surface area contributed by atoms with Crippen LogP contribution in [-0.2, 0) is 26.0 Å². The summed E-state index contributed by atoms with van der Waals surface area (Å²) in [4.78, 5) is 14.1. The van der Waals surface area contributed by atoms with Crippen LogP contribution in [0.5, 0.6) is 0 Å². The second-order valence-electron chi connectivity index (χ2n) is 12.9. The van der Waals surface area contributed by atoms with E-state index in [9.17, 15) is 4.79 Å². The quantitative estimate of drug-likeness (QED) is 0.462. The molecule has 0 heterocycles. The van der Waals surface area contributed by atoms with Crippen molar-refractivity contribution in [3.63, 3.8) is 0 Å².